The number of amides is 2. The number of aryl methyl sites for hydroxylation is 1. The normalized spacial score (nSPS) is 11.6. The first kappa shape index (κ1) is 26.1. The van der Waals surface area contributed by atoms with Crippen LogP contribution in [0.3, 0.4) is 0 Å². The van der Waals surface area contributed by atoms with Crippen LogP contribution >= 0.6 is 23.1 Å². The highest BCUT2D eigenvalue weighted by atomic mass is 32.2. The highest BCUT2D eigenvalue weighted by Gasteiger charge is 2.23. The summed E-state index contributed by atoms with van der Waals surface area (Å²) >= 11 is 2.73. The Morgan fingerprint density at radius 2 is 1.59 bits per heavy atom. The molecule has 5 aromatic rings. The molecule has 0 aliphatic heterocycles. The van der Waals surface area contributed by atoms with Crippen molar-refractivity contribution in [2.75, 3.05) is 10.6 Å². The van der Waals surface area contributed by atoms with Crippen molar-refractivity contribution in [1.29, 1.82) is 0 Å². The van der Waals surface area contributed by atoms with E-state index in [9.17, 15) is 19.5 Å². The van der Waals surface area contributed by atoms with E-state index in [1.807, 2.05) is 48.7 Å². The topological polar surface area (TPSA) is 108 Å². The average Bonchev–Trinajstić information content (AvgIpc) is 3.35. The Morgan fingerprint density at radius 3 is 2.28 bits per heavy atom. The van der Waals surface area contributed by atoms with Gasteiger partial charge in [0.2, 0.25) is 5.91 Å². The average molecular weight is 554 g/mol. The quantitative estimate of drug-likeness (QED) is 0.178. The van der Waals surface area contributed by atoms with E-state index in [-0.39, 0.29) is 17.0 Å². The molecule has 1 aromatic heterocycles. The number of thiazole rings is 1. The Morgan fingerprint density at radius 1 is 0.872 bits per heavy atom. The molecule has 0 bridgehead atoms. The van der Waals surface area contributed by atoms with Gasteiger partial charge in [-0.15, -0.1) is 23.1 Å². The maximum atomic E-state index is 13.3. The second kappa shape index (κ2) is 11.5. The number of anilines is 2. The molecular weight excluding hydrogens is 530 g/mol. The first-order chi connectivity index (χ1) is 18.9. The summed E-state index contributed by atoms with van der Waals surface area (Å²) in [7, 11) is 0. The van der Waals surface area contributed by atoms with E-state index in [1.165, 1.54) is 29.2 Å². The van der Waals surface area contributed by atoms with Crippen molar-refractivity contribution >= 4 is 62.5 Å². The molecule has 39 heavy (non-hydrogen) atoms. The molecule has 7 nitrogen and oxygen atoms in total. The molecule has 1 heterocycles. The van der Waals surface area contributed by atoms with Crippen LogP contribution in [0.4, 0.5) is 10.8 Å². The molecule has 0 aliphatic rings. The molecule has 0 saturated carbocycles. The first-order valence-electron chi connectivity index (χ1n) is 12.0. The Balaban J connectivity index is 1.40. The largest absolute Gasteiger partial charge is 0.478 e. The summed E-state index contributed by atoms with van der Waals surface area (Å²) in [5.41, 5.74) is 2.53. The van der Waals surface area contributed by atoms with Crippen LogP contribution in [0.2, 0.25) is 0 Å². The summed E-state index contributed by atoms with van der Waals surface area (Å²) in [5, 5.41) is 18.4. The molecule has 9 heteroatoms. The maximum absolute atomic E-state index is 13.3. The van der Waals surface area contributed by atoms with Gasteiger partial charge in [0.05, 0.1) is 11.3 Å². The summed E-state index contributed by atoms with van der Waals surface area (Å²) in [6, 6.07) is 26.7. The lowest BCUT2D eigenvalue weighted by atomic mass is 9.98. The third-order valence-electron chi connectivity index (χ3n) is 5.92. The summed E-state index contributed by atoms with van der Waals surface area (Å²) < 4.78 is 0. The number of aromatic carboxylic acids is 1. The molecule has 5 rings (SSSR count). The molecule has 0 fully saturated rings. The zero-order valence-corrected chi connectivity index (χ0v) is 22.4. The lowest BCUT2D eigenvalue weighted by Gasteiger charge is -2.17. The van der Waals surface area contributed by atoms with Crippen LogP contribution in [0, 0.1) is 6.92 Å². The van der Waals surface area contributed by atoms with Gasteiger partial charge in [0.1, 0.15) is 5.25 Å². The number of carbonyl (C=O) groups excluding carboxylic acids is 2. The minimum absolute atomic E-state index is 0.0645. The molecular formula is C30H23N3O4S2. The third kappa shape index (κ3) is 6.00. The number of carboxylic acid groups (broad SMARTS) is 1. The van der Waals surface area contributed by atoms with Crippen molar-refractivity contribution < 1.29 is 19.5 Å². The Hall–Kier alpha value is -4.47. The lowest BCUT2D eigenvalue weighted by molar-refractivity contribution is -0.115. The van der Waals surface area contributed by atoms with Crippen LogP contribution in [0.5, 0.6) is 0 Å². The number of benzene rings is 4. The first-order valence-corrected chi connectivity index (χ1v) is 13.8. The zero-order valence-electron chi connectivity index (χ0n) is 20.8. The van der Waals surface area contributed by atoms with Gasteiger partial charge in [-0.05, 0) is 48.2 Å². The number of nitrogens with zero attached hydrogens (tertiary/aromatic N) is 1. The Kier molecular flexibility index (Phi) is 7.72. The molecule has 3 N–H and O–H groups in total. The van der Waals surface area contributed by atoms with E-state index in [0.29, 0.717) is 21.6 Å². The predicted octanol–water partition coefficient (Wildman–Crippen LogP) is 7.03. The smallest absolute Gasteiger partial charge is 0.336 e. The number of hydrogen-bond acceptors (Lipinski definition) is 6. The van der Waals surface area contributed by atoms with Crippen molar-refractivity contribution in [2.24, 2.45) is 0 Å². The van der Waals surface area contributed by atoms with Gasteiger partial charge in [-0.25, -0.2) is 9.78 Å². The summed E-state index contributed by atoms with van der Waals surface area (Å²) in [6.45, 7) is 1.87. The molecule has 1 atom stereocenters. The van der Waals surface area contributed by atoms with E-state index < -0.39 is 17.1 Å². The Bertz CT molecular complexity index is 1680. The predicted molar refractivity (Wildman–Crippen MR) is 156 cm³/mol. The van der Waals surface area contributed by atoms with E-state index in [0.717, 1.165) is 16.2 Å². The third-order valence-corrected chi connectivity index (χ3v) is 8.04. The van der Waals surface area contributed by atoms with Crippen molar-refractivity contribution in [1.82, 2.24) is 4.98 Å². The van der Waals surface area contributed by atoms with Crippen LogP contribution in [0.15, 0.2) is 101 Å². The van der Waals surface area contributed by atoms with Crippen molar-refractivity contribution in [3.63, 3.8) is 0 Å². The zero-order chi connectivity index (χ0) is 27.4. The molecule has 4 aromatic carbocycles. The standard InChI is InChI=1S/C30H23N3O4S2/c1-18-17-38-30(31-18)33-28(35)26(20-8-3-2-4-9-20)39-22-13-7-12-21(16-22)32-27(34)23-14-5-10-19-11-6-15-24(25(19)23)29(36)37/h2-17,26H,1H3,(H,32,34)(H,36,37)(H,31,33,35). The summed E-state index contributed by atoms with van der Waals surface area (Å²) in [4.78, 5) is 43.5. The van der Waals surface area contributed by atoms with Gasteiger partial charge in [0.25, 0.3) is 5.91 Å². The van der Waals surface area contributed by atoms with Crippen LogP contribution in [0.25, 0.3) is 10.8 Å². The molecule has 0 radical (unpaired) electrons. The molecule has 2 amide bonds. The van der Waals surface area contributed by atoms with Crippen molar-refractivity contribution in [3.8, 4) is 0 Å². The van der Waals surface area contributed by atoms with Gasteiger partial charge < -0.3 is 15.7 Å². The van der Waals surface area contributed by atoms with E-state index in [4.69, 9.17) is 0 Å². The fourth-order valence-electron chi connectivity index (χ4n) is 4.17. The van der Waals surface area contributed by atoms with Crippen LogP contribution in [0.1, 0.15) is 37.2 Å². The number of rotatable bonds is 8. The van der Waals surface area contributed by atoms with E-state index in [2.05, 4.69) is 15.6 Å². The van der Waals surface area contributed by atoms with Crippen molar-refractivity contribution in [2.45, 2.75) is 17.1 Å². The molecule has 0 spiro atoms. The van der Waals surface area contributed by atoms with Gasteiger partial charge in [-0.2, -0.15) is 0 Å². The maximum Gasteiger partial charge on any atom is 0.336 e. The minimum atomic E-state index is -1.10. The Labute approximate surface area is 232 Å². The van der Waals surface area contributed by atoms with E-state index >= 15 is 0 Å². The van der Waals surface area contributed by atoms with Crippen LogP contribution in [-0.2, 0) is 4.79 Å². The molecule has 194 valence electrons. The minimum Gasteiger partial charge on any atom is -0.478 e. The number of carboxylic acids is 1. The number of carbonyl (C=O) groups is 3. The molecule has 0 saturated heterocycles. The summed E-state index contributed by atoms with van der Waals surface area (Å²) in [5.74, 6) is -1.72. The summed E-state index contributed by atoms with van der Waals surface area (Å²) in [6.07, 6.45) is 0. The number of thioether (sulfide) groups is 1. The highest BCUT2D eigenvalue weighted by Crippen LogP contribution is 2.37. The highest BCUT2D eigenvalue weighted by molar-refractivity contribution is 8.00. The second-order valence-corrected chi connectivity index (χ2v) is 10.7. The number of aromatic nitrogens is 1. The lowest BCUT2D eigenvalue weighted by Crippen LogP contribution is -2.19. The van der Waals surface area contributed by atoms with Gasteiger partial charge >= 0.3 is 5.97 Å². The fourth-order valence-corrected chi connectivity index (χ4v) is 5.95. The SMILES string of the molecule is Cc1csc(NC(=O)C(Sc2cccc(NC(=O)c3cccc4cccc(C(=O)O)c34)c2)c2ccccc2)n1. The monoisotopic (exact) mass is 553 g/mol. The van der Waals surface area contributed by atoms with Gasteiger partial charge in [0.15, 0.2) is 5.13 Å². The fraction of sp³-hybridized carbons (Fsp3) is 0.0667. The number of nitrogens with one attached hydrogen (secondary N) is 2. The van der Waals surface area contributed by atoms with Crippen LogP contribution < -0.4 is 10.6 Å². The van der Waals surface area contributed by atoms with Gasteiger partial charge in [-0.1, -0.05) is 60.7 Å². The van der Waals surface area contributed by atoms with Crippen LogP contribution in [-0.4, -0.2) is 27.9 Å². The van der Waals surface area contributed by atoms with Gasteiger partial charge in [-0.3, -0.25) is 9.59 Å². The molecule has 0 aliphatic carbocycles. The van der Waals surface area contributed by atoms with Gasteiger partial charge in [0, 0.05) is 26.9 Å². The van der Waals surface area contributed by atoms with E-state index in [1.54, 1.807) is 48.5 Å². The second-order valence-electron chi connectivity index (χ2n) is 8.69. The number of hydrogen-bond donors (Lipinski definition) is 3. The van der Waals surface area contributed by atoms with Crippen molar-refractivity contribution in [3.05, 3.63) is 119 Å². The number of fused-ring (bicyclic) bond motifs is 1. The molecule has 1 unspecified atom stereocenters.